The molecule has 0 aliphatic heterocycles. The molecule has 432 valence electrons. The van der Waals surface area contributed by atoms with E-state index in [0.717, 1.165) is 97.8 Å². The van der Waals surface area contributed by atoms with Gasteiger partial charge < -0.3 is 56.7 Å². The van der Waals surface area contributed by atoms with E-state index >= 15 is 0 Å². The van der Waals surface area contributed by atoms with E-state index in [2.05, 4.69) is 42.5 Å². The molecule has 0 radical (unpaired) electrons. The third kappa shape index (κ3) is 62.9. The average molecular weight is 1030 g/mol. The molecular weight excluding hydrogens is 901 g/mol. The van der Waals surface area contributed by atoms with Crippen molar-refractivity contribution in [3.63, 3.8) is 0 Å². The lowest BCUT2D eigenvalue weighted by atomic mass is 10.00. The molecule has 0 atom stereocenters. The van der Waals surface area contributed by atoms with Gasteiger partial charge >= 0.3 is 0 Å². The van der Waals surface area contributed by atoms with Crippen LogP contribution in [0.5, 0.6) is 0 Å². The fourth-order valence-electron chi connectivity index (χ4n) is 9.04. The van der Waals surface area contributed by atoms with Gasteiger partial charge in [-0.15, -0.1) is 0 Å². The third-order valence-electron chi connectivity index (χ3n) is 13.6. The molecule has 13 heteroatoms. The molecule has 0 aliphatic carbocycles. The van der Waals surface area contributed by atoms with Crippen LogP contribution < -0.4 is 42.5 Å². The zero-order chi connectivity index (χ0) is 51.3. The number of hydrogen-bond donors (Lipinski definition) is 8. The normalized spacial score (nSPS) is 11.4. The summed E-state index contributed by atoms with van der Waals surface area (Å²) in [5.74, 6) is 1.01. The Morgan fingerprint density at radius 2 is 0.653 bits per heavy atom. The van der Waals surface area contributed by atoms with Crippen LogP contribution in [0, 0.1) is 5.92 Å². The van der Waals surface area contributed by atoms with Crippen molar-refractivity contribution in [1.82, 2.24) is 42.5 Å². The van der Waals surface area contributed by atoms with Gasteiger partial charge in [-0.1, -0.05) is 155 Å². The van der Waals surface area contributed by atoms with Crippen molar-refractivity contribution in [1.29, 1.82) is 0 Å². The van der Waals surface area contributed by atoms with Gasteiger partial charge in [-0.05, 0) is 150 Å². The topological polar surface area (TPSA) is 158 Å². The number of amides is 2. The first kappa shape index (κ1) is 72.7. The van der Waals surface area contributed by atoms with Crippen molar-refractivity contribution in [3.8, 4) is 0 Å². The highest BCUT2D eigenvalue weighted by molar-refractivity contribution is 5.76. The zero-order valence-corrected chi connectivity index (χ0v) is 47.4. The first-order chi connectivity index (χ1) is 35.1. The second kappa shape index (κ2) is 65.7. The van der Waals surface area contributed by atoms with Gasteiger partial charge in [0.15, 0.2) is 0 Å². The first-order valence-corrected chi connectivity index (χ1v) is 30.4. The van der Waals surface area contributed by atoms with E-state index in [0.29, 0.717) is 51.8 Å². The molecule has 0 bridgehead atoms. The van der Waals surface area contributed by atoms with Crippen LogP contribution in [0.1, 0.15) is 232 Å². The summed E-state index contributed by atoms with van der Waals surface area (Å²) in [5, 5.41) is 27.3. The molecule has 0 aromatic rings. The minimum atomic E-state index is 0. The summed E-state index contributed by atoms with van der Waals surface area (Å²) < 4.78 is 15.7. The highest BCUT2D eigenvalue weighted by Gasteiger charge is 2.09. The van der Waals surface area contributed by atoms with Crippen LogP contribution in [-0.2, 0) is 23.8 Å². The predicted molar refractivity (Wildman–Crippen MR) is 311 cm³/mol. The number of hydrogen-bond acceptors (Lipinski definition) is 11. The molecule has 0 unspecified atom stereocenters. The van der Waals surface area contributed by atoms with Gasteiger partial charge in [-0.3, -0.25) is 9.59 Å². The number of ether oxygens (including phenoxy) is 3. The second-order valence-corrected chi connectivity index (χ2v) is 20.5. The molecule has 0 saturated heterocycles. The lowest BCUT2D eigenvalue weighted by molar-refractivity contribution is -0.122. The lowest BCUT2D eigenvalue weighted by Crippen LogP contribution is -2.32. The van der Waals surface area contributed by atoms with E-state index in [1.165, 1.54) is 193 Å². The molecule has 0 aromatic heterocycles. The van der Waals surface area contributed by atoms with Crippen LogP contribution in [-0.4, -0.2) is 145 Å². The summed E-state index contributed by atoms with van der Waals surface area (Å²) in [7, 11) is 5.69. The molecule has 0 heterocycles. The third-order valence-corrected chi connectivity index (χ3v) is 13.6. The van der Waals surface area contributed by atoms with Crippen molar-refractivity contribution in [2.75, 3.05) is 133 Å². The minimum absolute atomic E-state index is 0. The standard InChI is InChI=1S/C58H122N8O5.CH4/c1-59-39-34-45-61-41-30-32-43-63-54-56(55-64-44-33-31-42-62-46-35-40-60-2)36-26-23-25-29-47-65-57(67)37-27-22-20-18-16-14-12-10-8-6-4-5-7-9-11-13-15-17-19-21-24-28-48-66-58(68)38-49-70-52-53-71-51-50-69-3;/h56,59-64H,4-55H2,1-3H3,(H,65,67)(H,66,68);1H4. The molecule has 0 rings (SSSR count). The van der Waals surface area contributed by atoms with Crippen LogP contribution >= 0.6 is 0 Å². The van der Waals surface area contributed by atoms with Gasteiger partial charge in [-0.2, -0.15) is 0 Å². The maximum absolute atomic E-state index is 12.4. The highest BCUT2D eigenvalue weighted by atomic mass is 16.5. The van der Waals surface area contributed by atoms with E-state index in [1.807, 2.05) is 14.1 Å². The zero-order valence-electron chi connectivity index (χ0n) is 47.4. The molecule has 13 nitrogen and oxygen atoms in total. The Balaban J connectivity index is 0. The number of carbonyl (C=O) groups excluding carboxylic acids is 2. The van der Waals surface area contributed by atoms with Crippen LogP contribution in [0.3, 0.4) is 0 Å². The summed E-state index contributed by atoms with van der Waals surface area (Å²) >= 11 is 0. The van der Waals surface area contributed by atoms with E-state index in [-0.39, 0.29) is 19.2 Å². The monoisotopic (exact) mass is 1030 g/mol. The van der Waals surface area contributed by atoms with Crippen molar-refractivity contribution >= 4 is 11.8 Å². The van der Waals surface area contributed by atoms with Gasteiger partial charge in [-0.25, -0.2) is 0 Å². The van der Waals surface area contributed by atoms with E-state index in [4.69, 9.17) is 14.2 Å². The fraction of sp³-hybridized carbons (Fsp3) is 0.966. The van der Waals surface area contributed by atoms with E-state index in [9.17, 15) is 9.59 Å². The summed E-state index contributed by atoms with van der Waals surface area (Å²) in [6.07, 6.45) is 43.8. The van der Waals surface area contributed by atoms with Gasteiger partial charge in [0.1, 0.15) is 0 Å². The van der Waals surface area contributed by atoms with Crippen LogP contribution in [0.25, 0.3) is 0 Å². The molecule has 0 aromatic carbocycles. The maximum atomic E-state index is 12.4. The number of methoxy groups -OCH3 is 1. The van der Waals surface area contributed by atoms with Gasteiger partial charge in [0.25, 0.3) is 0 Å². The Bertz CT molecular complexity index is 1010. The van der Waals surface area contributed by atoms with Crippen LogP contribution in [0.4, 0.5) is 0 Å². The fourth-order valence-corrected chi connectivity index (χ4v) is 9.04. The molecule has 0 fully saturated rings. The molecule has 2 amide bonds. The first-order valence-electron chi connectivity index (χ1n) is 30.4. The summed E-state index contributed by atoms with van der Waals surface area (Å²) in [6.45, 7) is 15.3. The lowest BCUT2D eigenvalue weighted by Gasteiger charge is -2.19. The molecule has 0 aliphatic rings. The number of rotatable bonds is 63. The Morgan fingerprint density at radius 1 is 0.333 bits per heavy atom. The number of nitrogens with one attached hydrogen (secondary N) is 8. The number of unbranched alkanes of at least 4 members (excludes halogenated alkanes) is 26. The molecule has 0 spiro atoms. The molecule has 8 N–H and O–H groups in total. The quantitative estimate of drug-likeness (QED) is 0.0274. The smallest absolute Gasteiger partial charge is 0.222 e. The summed E-state index contributed by atoms with van der Waals surface area (Å²) in [6, 6.07) is 0. The Labute approximate surface area is 447 Å². The summed E-state index contributed by atoms with van der Waals surface area (Å²) in [5.41, 5.74) is 0. The molecular formula is C59H126N8O5. The maximum Gasteiger partial charge on any atom is 0.222 e. The van der Waals surface area contributed by atoms with Gasteiger partial charge in [0, 0.05) is 33.0 Å². The van der Waals surface area contributed by atoms with Crippen molar-refractivity contribution in [2.45, 2.75) is 232 Å². The van der Waals surface area contributed by atoms with Crippen LogP contribution in [0.15, 0.2) is 0 Å². The second-order valence-electron chi connectivity index (χ2n) is 20.5. The van der Waals surface area contributed by atoms with Gasteiger partial charge in [0.05, 0.1) is 33.0 Å². The minimum Gasteiger partial charge on any atom is -0.382 e. The largest absolute Gasteiger partial charge is 0.382 e. The Morgan fingerprint density at radius 3 is 1.07 bits per heavy atom. The average Bonchev–Trinajstić information content (AvgIpc) is 3.37. The Hall–Kier alpha value is -1.42. The SMILES string of the molecule is C.CNCCCNCCCCNCC(CCCCCCNC(=O)CCCCCCCCCCCCCCCCCCCCCCCCNC(=O)CCOCCOCCOC)CNCCCCNCCCNC. The molecule has 72 heavy (non-hydrogen) atoms. The van der Waals surface area contributed by atoms with Crippen LogP contribution in [0.2, 0.25) is 0 Å². The highest BCUT2D eigenvalue weighted by Crippen LogP contribution is 2.16. The summed E-state index contributed by atoms with van der Waals surface area (Å²) in [4.78, 5) is 24.3. The van der Waals surface area contributed by atoms with E-state index < -0.39 is 0 Å². The van der Waals surface area contributed by atoms with Gasteiger partial charge in [0.2, 0.25) is 11.8 Å². The Kier molecular flexibility index (Phi) is 66.3. The van der Waals surface area contributed by atoms with Crippen molar-refractivity contribution in [2.24, 2.45) is 5.92 Å². The van der Waals surface area contributed by atoms with Crippen molar-refractivity contribution in [3.05, 3.63) is 0 Å². The number of carbonyl (C=O) groups is 2. The molecule has 0 saturated carbocycles. The van der Waals surface area contributed by atoms with E-state index in [1.54, 1.807) is 7.11 Å². The van der Waals surface area contributed by atoms with Crippen molar-refractivity contribution < 1.29 is 23.8 Å². The predicted octanol–water partition coefficient (Wildman–Crippen LogP) is 10.6.